The lowest BCUT2D eigenvalue weighted by atomic mass is 10.1. The number of rotatable bonds is 6. The first-order valence-corrected chi connectivity index (χ1v) is 11.7. The number of nitrogens with one attached hydrogen (secondary N) is 3. The van der Waals surface area contributed by atoms with Gasteiger partial charge in [0.15, 0.2) is 5.65 Å². The Morgan fingerprint density at radius 3 is 2.64 bits per heavy atom. The van der Waals surface area contributed by atoms with Crippen LogP contribution in [-0.4, -0.2) is 41.0 Å². The highest BCUT2D eigenvalue weighted by Gasteiger charge is 2.15. The maximum Gasteiger partial charge on any atom is 0.224 e. The van der Waals surface area contributed by atoms with Gasteiger partial charge in [-0.15, -0.1) is 0 Å². The van der Waals surface area contributed by atoms with Gasteiger partial charge < -0.3 is 10.3 Å². The summed E-state index contributed by atoms with van der Waals surface area (Å²) in [6.07, 6.45) is 13.7. The summed E-state index contributed by atoms with van der Waals surface area (Å²) in [5.41, 5.74) is 7.61. The summed E-state index contributed by atoms with van der Waals surface area (Å²) >= 11 is 0. The number of H-pyrrole nitrogens is 2. The van der Waals surface area contributed by atoms with Crippen molar-refractivity contribution in [2.24, 2.45) is 0 Å². The van der Waals surface area contributed by atoms with Crippen molar-refractivity contribution in [1.29, 1.82) is 0 Å². The molecule has 0 atom stereocenters. The minimum atomic E-state index is -0.0268. The Labute approximate surface area is 206 Å². The number of carbonyl (C=O) groups excluding carboxylic acids is 1. The zero-order chi connectivity index (χ0) is 24.5. The zero-order valence-corrected chi connectivity index (χ0v) is 19.5. The van der Waals surface area contributed by atoms with Gasteiger partial charge in [0.2, 0.25) is 5.91 Å². The van der Waals surface area contributed by atoms with Crippen LogP contribution in [0.1, 0.15) is 19.8 Å². The van der Waals surface area contributed by atoms with E-state index in [0.717, 1.165) is 56.4 Å². The number of fused-ring (bicyclic) bond motifs is 2. The van der Waals surface area contributed by atoms with E-state index in [0.29, 0.717) is 17.8 Å². The fraction of sp³-hybridized carbons (Fsp3) is 0.111. The standard InChI is InChI=1S/C27H22N8O/c1-2-4-25(36)32-19-7-17(11-29-13-19)18-8-21-26(34-35-27(21)31-12-18)23-9-20-22(14-30-15-24(20)33-23)16-5-3-6-28-10-16/h3,5-15,33H,2,4H2,1H3,(H,32,36)(H,31,34,35). The van der Waals surface area contributed by atoms with Gasteiger partial charge in [-0.2, -0.15) is 5.10 Å². The molecule has 6 aromatic rings. The first-order chi connectivity index (χ1) is 17.7. The predicted molar refractivity (Wildman–Crippen MR) is 139 cm³/mol. The lowest BCUT2D eigenvalue weighted by Gasteiger charge is -2.07. The van der Waals surface area contributed by atoms with Crippen LogP contribution in [0.15, 0.2) is 73.7 Å². The highest BCUT2D eigenvalue weighted by atomic mass is 16.1. The van der Waals surface area contributed by atoms with Crippen LogP contribution in [-0.2, 0) is 4.79 Å². The number of amides is 1. The van der Waals surface area contributed by atoms with Crippen LogP contribution in [0, 0.1) is 0 Å². The van der Waals surface area contributed by atoms with E-state index in [-0.39, 0.29) is 5.91 Å². The smallest absolute Gasteiger partial charge is 0.224 e. The van der Waals surface area contributed by atoms with Crippen molar-refractivity contribution < 1.29 is 4.79 Å². The zero-order valence-electron chi connectivity index (χ0n) is 19.5. The normalized spacial score (nSPS) is 11.2. The Balaban J connectivity index is 1.40. The van der Waals surface area contributed by atoms with Crippen molar-refractivity contribution in [2.75, 3.05) is 5.32 Å². The summed E-state index contributed by atoms with van der Waals surface area (Å²) in [6, 6.07) is 9.95. The number of anilines is 1. The molecule has 0 saturated heterocycles. The molecule has 0 aliphatic rings. The molecule has 0 fully saturated rings. The summed E-state index contributed by atoms with van der Waals surface area (Å²) < 4.78 is 0. The third-order valence-electron chi connectivity index (χ3n) is 6.03. The summed E-state index contributed by atoms with van der Waals surface area (Å²) in [4.78, 5) is 33.0. The van der Waals surface area contributed by atoms with Crippen molar-refractivity contribution in [3.63, 3.8) is 0 Å². The molecule has 0 saturated carbocycles. The Morgan fingerprint density at radius 1 is 0.917 bits per heavy atom. The SMILES string of the molecule is CCCC(=O)Nc1cncc(-c2cnc3n[nH]c(-c4cc5c(-c6cccnc6)cncc5[nH]4)c3c2)c1. The van der Waals surface area contributed by atoms with Crippen molar-refractivity contribution in [1.82, 2.24) is 35.1 Å². The molecule has 9 heteroatoms. The quantitative estimate of drug-likeness (QED) is 0.298. The molecule has 176 valence electrons. The summed E-state index contributed by atoms with van der Waals surface area (Å²) in [6.45, 7) is 1.97. The van der Waals surface area contributed by atoms with Crippen LogP contribution < -0.4 is 5.32 Å². The minimum Gasteiger partial charge on any atom is -0.352 e. The van der Waals surface area contributed by atoms with E-state index in [1.807, 2.05) is 49.8 Å². The van der Waals surface area contributed by atoms with Crippen LogP contribution in [0.3, 0.4) is 0 Å². The average molecular weight is 475 g/mol. The van der Waals surface area contributed by atoms with Gasteiger partial charge in [0.05, 0.1) is 35.0 Å². The van der Waals surface area contributed by atoms with Gasteiger partial charge in [0, 0.05) is 70.4 Å². The second-order valence-electron chi connectivity index (χ2n) is 8.53. The highest BCUT2D eigenvalue weighted by molar-refractivity contribution is 6.00. The van der Waals surface area contributed by atoms with E-state index in [1.165, 1.54) is 0 Å². The van der Waals surface area contributed by atoms with Crippen LogP contribution in [0.25, 0.3) is 55.6 Å². The van der Waals surface area contributed by atoms with E-state index in [2.05, 4.69) is 46.5 Å². The van der Waals surface area contributed by atoms with Gasteiger partial charge in [0.1, 0.15) is 0 Å². The van der Waals surface area contributed by atoms with Crippen LogP contribution in [0.2, 0.25) is 0 Å². The molecule has 0 spiro atoms. The number of pyridine rings is 4. The van der Waals surface area contributed by atoms with E-state index >= 15 is 0 Å². The first-order valence-electron chi connectivity index (χ1n) is 11.7. The molecule has 0 radical (unpaired) electrons. The fourth-order valence-electron chi connectivity index (χ4n) is 4.32. The third-order valence-corrected chi connectivity index (χ3v) is 6.03. The molecule has 3 N–H and O–H groups in total. The fourth-order valence-corrected chi connectivity index (χ4v) is 4.32. The molecule has 6 rings (SSSR count). The summed E-state index contributed by atoms with van der Waals surface area (Å²) in [5, 5.41) is 12.3. The average Bonchev–Trinajstić information content (AvgIpc) is 3.53. The number of nitrogens with zero attached hydrogens (tertiary/aromatic N) is 5. The van der Waals surface area contributed by atoms with Gasteiger partial charge in [-0.05, 0) is 30.7 Å². The molecule has 6 aromatic heterocycles. The van der Waals surface area contributed by atoms with Gasteiger partial charge in [-0.3, -0.25) is 24.8 Å². The van der Waals surface area contributed by atoms with Gasteiger partial charge in [-0.1, -0.05) is 13.0 Å². The molecule has 6 heterocycles. The maximum absolute atomic E-state index is 12.0. The van der Waals surface area contributed by atoms with E-state index in [1.54, 1.807) is 24.8 Å². The van der Waals surface area contributed by atoms with Crippen LogP contribution in [0.4, 0.5) is 5.69 Å². The minimum absolute atomic E-state index is 0.0268. The molecule has 0 aliphatic carbocycles. The number of hydrogen-bond acceptors (Lipinski definition) is 6. The molecule has 0 aromatic carbocycles. The number of aromatic amines is 2. The number of carbonyl (C=O) groups is 1. The number of aromatic nitrogens is 7. The summed E-state index contributed by atoms with van der Waals surface area (Å²) in [5.74, 6) is -0.0268. The molecule has 0 bridgehead atoms. The maximum atomic E-state index is 12.0. The van der Waals surface area contributed by atoms with Crippen LogP contribution in [0.5, 0.6) is 0 Å². The van der Waals surface area contributed by atoms with Crippen LogP contribution >= 0.6 is 0 Å². The molecule has 36 heavy (non-hydrogen) atoms. The van der Waals surface area contributed by atoms with E-state index in [9.17, 15) is 4.79 Å². The molecular weight excluding hydrogens is 452 g/mol. The first kappa shape index (κ1) is 21.6. The monoisotopic (exact) mass is 474 g/mol. The van der Waals surface area contributed by atoms with Crippen molar-refractivity contribution >= 4 is 33.5 Å². The molecule has 1 amide bonds. The Morgan fingerprint density at radius 2 is 1.78 bits per heavy atom. The molecular formula is C27H22N8O. The Kier molecular flexibility index (Phi) is 5.42. The lowest BCUT2D eigenvalue weighted by molar-refractivity contribution is -0.116. The van der Waals surface area contributed by atoms with Crippen molar-refractivity contribution in [3.05, 3.63) is 73.7 Å². The Bertz CT molecular complexity index is 1700. The third kappa shape index (κ3) is 3.96. The predicted octanol–water partition coefficient (Wildman–Crippen LogP) is 5.36. The van der Waals surface area contributed by atoms with Gasteiger partial charge >= 0.3 is 0 Å². The Hall–Kier alpha value is -4.92. The van der Waals surface area contributed by atoms with E-state index in [4.69, 9.17) is 0 Å². The van der Waals surface area contributed by atoms with Crippen molar-refractivity contribution in [3.8, 4) is 33.6 Å². The number of hydrogen-bond donors (Lipinski definition) is 3. The molecule has 0 unspecified atom stereocenters. The van der Waals surface area contributed by atoms with Gasteiger partial charge in [0.25, 0.3) is 0 Å². The van der Waals surface area contributed by atoms with Gasteiger partial charge in [-0.25, -0.2) is 4.98 Å². The topological polar surface area (TPSA) is 125 Å². The second kappa shape index (κ2) is 9.03. The molecule has 0 aliphatic heterocycles. The lowest BCUT2D eigenvalue weighted by Crippen LogP contribution is -2.10. The largest absolute Gasteiger partial charge is 0.352 e. The highest BCUT2D eigenvalue weighted by Crippen LogP contribution is 2.34. The van der Waals surface area contributed by atoms with E-state index < -0.39 is 0 Å². The second-order valence-corrected chi connectivity index (χ2v) is 8.53. The molecule has 9 nitrogen and oxygen atoms in total. The summed E-state index contributed by atoms with van der Waals surface area (Å²) in [7, 11) is 0. The van der Waals surface area contributed by atoms with Crippen molar-refractivity contribution in [2.45, 2.75) is 19.8 Å².